The highest BCUT2D eigenvalue weighted by Gasteiger charge is 2.09. The topological polar surface area (TPSA) is 65.7 Å². The lowest BCUT2D eigenvalue weighted by Crippen LogP contribution is -2.17. The Hall–Kier alpha value is -3.08. The van der Waals surface area contributed by atoms with Crippen molar-refractivity contribution in [1.82, 2.24) is 0 Å². The fourth-order valence-electron chi connectivity index (χ4n) is 2.61. The minimum atomic E-state index is -0.507. The lowest BCUT2D eigenvalue weighted by atomic mass is 10.0. The van der Waals surface area contributed by atoms with E-state index in [0.717, 1.165) is 10.9 Å². The lowest BCUT2D eigenvalue weighted by Gasteiger charge is -2.09. The molecular formula is C21H20O5. The molecule has 5 heteroatoms. The molecule has 0 atom stereocenters. The van der Waals surface area contributed by atoms with Crippen LogP contribution in [-0.4, -0.2) is 12.6 Å². The van der Waals surface area contributed by atoms with Crippen molar-refractivity contribution in [3.63, 3.8) is 0 Å². The Morgan fingerprint density at radius 1 is 1.04 bits per heavy atom. The standard InChI is InChI=1S/C21H20O5/c1-13(2)15-4-6-16(7-5-15)24-12-21(23)25-17-8-9-19-18(11-17)14(3)10-20(22)26-19/h4-11,13H,12H2,1-3H3. The molecule has 3 aromatic rings. The number of ether oxygens (including phenoxy) is 2. The summed E-state index contributed by atoms with van der Waals surface area (Å²) >= 11 is 0. The number of hydrogen-bond acceptors (Lipinski definition) is 5. The summed E-state index contributed by atoms with van der Waals surface area (Å²) in [5.41, 5.74) is 2.02. The molecule has 26 heavy (non-hydrogen) atoms. The van der Waals surface area contributed by atoms with Crippen LogP contribution in [0.15, 0.2) is 57.7 Å². The fourth-order valence-corrected chi connectivity index (χ4v) is 2.61. The van der Waals surface area contributed by atoms with Gasteiger partial charge in [0.1, 0.15) is 17.1 Å². The second-order valence-corrected chi connectivity index (χ2v) is 6.39. The second-order valence-electron chi connectivity index (χ2n) is 6.39. The summed E-state index contributed by atoms with van der Waals surface area (Å²) < 4.78 is 15.9. The van der Waals surface area contributed by atoms with Gasteiger partial charge in [-0.25, -0.2) is 9.59 Å². The molecule has 0 amide bonds. The van der Waals surface area contributed by atoms with E-state index >= 15 is 0 Å². The fraction of sp³-hybridized carbons (Fsp3) is 0.238. The molecule has 1 aromatic heterocycles. The predicted molar refractivity (Wildman–Crippen MR) is 98.9 cm³/mol. The van der Waals surface area contributed by atoms with Gasteiger partial charge in [-0.3, -0.25) is 0 Å². The maximum Gasteiger partial charge on any atom is 0.349 e. The average Bonchev–Trinajstić information content (AvgIpc) is 2.61. The van der Waals surface area contributed by atoms with E-state index in [-0.39, 0.29) is 6.61 Å². The van der Waals surface area contributed by atoms with E-state index in [0.29, 0.717) is 23.0 Å². The molecule has 0 bridgehead atoms. The Kier molecular flexibility index (Phi) is 5.07. The number of carbonyl (C=O) groups is 1. The second kappa shape index (κ2) is 7.44. The third-order valence-corrected chi connectivity index (χ3v) is 4.06. The smallest absolute Gasteiger partial charge is 0.349 e. The molecule has 0 fully saturated rings. The molecule has 2 aromatic carbocycles. The zero-order valence-corrected chi connectivity index (χ0v) is 14.9. The van der Waals surface area contributed by atoms with Crippen molar-refractivity contribution in [3.05, 3.63) is 70.1 Å². The monoisotopic (exact) mass is 352 g/mol. The van der Waals surface area contributed by atoms with E-state index in [9.17, 15) is 9.59 Å². The summed E-state index contributed by atoms with van der Waals surface area (Å²) in [7, 11) is 0. The first-order valence-corrected chi connectivity index (χ1v) is 8.40. The normalized spacial score (nSPS) is 10.9. The van der Waals surface area contributed by atoms with E-state index in [1.165, 1.54) is 11.6 Å². The van der Waals surface area contributed by atoms with Crippen LogP contribution in [0.25, 0.3) is 11.0 Å². The molecule has 0 N–H and O–H groups in total. The zero-order chi connectivity index (χ0) is 18.7. The van der Waals surface area contributed by atoms with Crippen LogP contribution >= 0.6 is 0 Å². The van der Waals surface area contributed by atoms with Gasteiger partial charge in [-0.2, -0.15) is 0 Å². The number of aryl methyl sites for hydroxylation is 1. The number of carbonyl (C=O) groups excluding carboxylic acids is 1. The average molecular weight is 352 g/mol. The summed E-state index contributed by atoms with van der Waals surface area (Å²) in [6, 6.07) is 13.9. The summed E-state index contributed by atoms with van der Waals surface area (Å²) in [6.45, 7) is 5.84. The molecule has 0 unspecified atom stereocenters. The quantitative estimate of drug-likeness (QED) is 0.391. The number of esters is 1. The Morgan fingerprint density at radius 3 is 2.42 bits per heavy atom. The SMILES string of the molecule is Cc1cc(=O)oc2ccc(OC(=O)COc3ccc(C(C)C)cc3)cc12. The number of hydrogen-bond donors (Lipinski definition) is 0. The van der Waals surface area contributed by atoms with Crippen molar-refractivity contribution < 1.29 is 18.7 Å². The first-order chi connectivity index (χ1) is 12.4. The van der Waals surface area contributed by atoms with Gasteiger partial charge in [-0.1, -0.05) is 26.0 Å². The molecule has 134 valence electrons. The summed E-state index contributed by atoms with van der Waals surface area (Å²) in [6.07, 6.45) is 0. The Balaban J connectivity index is 1.64. The molecule has 0 spiro atoms. The predicted octanol–water partition coefficient (Wildman–Crippen LogP) is 4.21. The van der Waals surface area contributed by atoms with Gasteiger partial charge in [0.05, 0.1) is 0 Å². The molecule has 0 aliphatic carbocycles. The van der Waals surface area contributed by atoms with Gasteiger partial charge in [0, 0.05) is 11.5 Å². The van der Waals surface area contributed by atoms with E-state index in [1.807, 2.05) is 24.3 Å². The van der Waals surface area contributed by atoms with Crippen LogP contribution in [0.5, 0.6) is 11.5 Å². The number of rotatable bonds is 5. The van der Waals surface area contributed by atoms with Gasteiger partial charge in [0.15, 0.2) is 6.61 Å². The molecule has 1 heterocycles. The van der Waals surface area contributed by atoms with Gasteiger partial charge in [-0.15, -0.1) is 0 Å². The van der Waals surface area contributed by atoms with E-state index in [2.05, 4.69) is 13.8 Å². The van der Waals surface area contributed by atoms with Gasteiger partial charge >= 0.3 is 11.6 Å². The Morgan fingerprint density at radius 2 is 1.73 bits per heavy atom. The maximum atomic E-state index is 12.0. The first-order valence-electron chi connectivity index (χ1n) is 8.40. The summed E-state index contributed by atoms with van der Waals surface area (Å²) in [4.78, 5) is 23.4. The van der Waals surface area contributed by atoms with E-state index < -0.39 is 11.6 Å². The summed E-state index contributed by atoms with van der Waals surface area (Å²) in [5.74, 6) is 0.919. The lowest BCUT2D eigenvalue weighted by molar-refractivity contribution is -0.136. The van der Waals surface area contributed by atoms with Gasteiger partial charge < -0.3 is 13.9 Å². The van der Waals surface area contributed by atoms with Crippen molar-refractivity contribution in [3.8, 4) is 11.5 Å². The van der Waals surface area contributed by atoms with Crippen LogP contribution in [-0.2, 0) is 4.79 Å². The summed E-state index contributed by atoms with van der Waals surface area (Å²) in [5, 5.41) is 0.722. The highest BCUT2D eigenvalue weighted by Crippen LogP contribution is 2.23. The third kappa shape index (κ3) is 4.11. The van der Waals surface area contributed by atoms with Crippen LogP contribution in [0, 0.1) is 6.92 Å². The molecule has 3 rings (SSSR count). The van der Waals surface area contributed by atoms with Gasteiger partial charge in [-0.05, 0) is 54.3 Å². The number of fused-ring (bicyclic) bond motifs is 1. The minimum Gasteiger partial charge on any atom is -0.482 e. The zero-order valence-electron chi connectivity index (χ0n) is 14.9. The van der Waals surface area contributed by atoms with E-state index in [1.54, 1.807) is 25.1 Å². The molecule has 0 aliphatic rings. The Labute approximate surface area is 151 Å². The maximum absolute atomic E-state index is 12.0. The number of benzene rings is 2. The van der Waals surface area contributed by atoms with Crippen molar-refractivity contribution in [2.75, 3.05) is 6.61 Å². The van der Waals surface area contributed by atoms with Crippen LogP contribution in [0.3, 0.4) is 0 Å². The van der Waals surface area contributed by atoms with Crippen LogP contribution < -0.4 is 15.1 Å². The largest absolute Gasteiger partial charge is 0.482 e. The van der Waals surface area contributed by atoms with E-state index in [4.69, 9.17) is 13.9 Å². The first kappa shape index (κ1) is 17.7. The third-order valence-electron chi connectivity index (χ3n) is 4.06. The molecule has 0 saturated carbocycles. The van der Waals surface area contributed by atoms with Crippen molar-refractivity contribution >= 4 is 16.9 Å². The van der Waals surface area contributed by atoms with Crippen LogP contribution in [0.1, 0.15) is 30.9 Å². The molecule has 0 saturated heterocycles. The highest BCUT2D eigenvalue weighted by atomic mass is 16.6. The van der Waals surface area contributed by atoms with Crippen molar-refractivity contribution in [2.24, 2.45) is 0 Å². The molecule has 5 nitrogen and oxygen atoms in total. The van der Waals surface area contributed by atoms with Crippen molar-refractivity contribution in [2.45, 2.75) is 26.7 Å². The van der Waals surface area contributed by atoms with Gasteiger partial charge in [0.25, 0.3) is 0 Å². The van der Waals surface area contributed by atoms with Crippen LogP contribution in [0.2, 0.25) is 0 Å². The highest BCUT2D eigenvalue weighted by molar-refractivity contribution is 5.83. The molecule has 0 radical (unpaired) electrons. The van der Waals surface area contributed by atoms with Crippen LogP contribution in [0.4, 0.5) is 0 Å². The van der Waals surface area contributed by atoms with Gasteiger partial charge in [0.2, 0.25) is 0 Å². The Bertz CT molecular complexity index is 983. The molecule has 0 aliphatic heterocycles. The van der Waals surface area contributed by atoms with Crippen molar-refractivity contribution in [1.29, 1.82) is 0 Å². The molecular weight excluding hydrogens is 332 g/mol. The minimum absolute atomic E-state index is 0.193.